The summed E-state index contributed by atoms with van der Waals surface area (Å²) < 4.78 is 53.0. The average molecular weight is 606 g/mol. The van der Waals surface area contributed by atoms with Crippen LogP contribution in [0.2, 0.25) is 0 Å². The molecule has 0 saturated carbocycles. The van der Waals surface area contributed by atoms with Crippen LogP contribution >= 0.6 is 7.75 Å². The van der Waals surface area contributed by atoms with Crippen molar-refractivity contribution in [3.05, 3.63) is 60.2 Å². The zero-order chi connectivity index (χ0) is 30.9. The first-order valence-electron chi connectivity index (χ1n) is 13.0. The molecule has 0 amide bonds. The third-order valence-corrected chi connectivity index (χ3v) is 8.06. The summed E-state index contributed by atoms with van der Waals surface area (Å²) >= 11 is 0. The van der Waals surface area contributed by atoms with Crippen LogP contribution in [0, 0.1) is 23.7 Å². The van der Waals surface area contributed by atoms with Crippen LogP contribution in [0.1, 0.15) is 39.1 Å². The summed E-state index contributed by atoms with van der Waals surface area (Å²) in [5, 5.41) is 38.3. The van der Waals surface area contributed by atoms with Crippen LogP contribution in [-0.2, 0) is 29.0 Å². The topological polar surface area (TPSA) is 178 Å². The maximum atomic E-state index is 16.3. The molecule has 0 radical (unpaired) electrons. The lowest BCUT2D eigenvalue weighted by Crippen LogP contribution is -2.44. The number of para-hydroxylation sites is 1. The number of nitrogens with one attached hydrogen (secondary N) is 1. The molecule has 226 valence electrons. The third kappa shape index (κ3) is 6.32. The molecule has 3 aromatic rings. The number of aliphatic hydroxyl groups is 2. The Bertz CT molecular complexity index is 1530. The fraction of sp³-hybridized carbons (Fsp3) is 0.481. The van der Waals surface area contributed by atoms with Crippen LogP contribution in [0.25, 0.3) is 5.52 Å². The molecule has 0 aliphatic carbocycles. The van der Waals surface area contributed by atoms with Gasteiger partial charge in [-0.3, -0.25) is 9.32 Å². The summed E-state index contributed by atoms with van der Waals surface area (Å²) in [6.45, 7) is 7.42. The third-order valence-electron chi connectivity index (χ3n) is 6.43. The van der Waals surface area contributed by atoms with E-state index in [0.29, 0.717) is 11.2 Å². The van der Waals surface area contributed by atoms with E-state index < -0.39 is 50.0 Å². The summed E-state index contributed by atoms with van der Waals surface area (Å²) in [4.78, 5) is 16.6. The zero-order valence-corrected chi connectivity index (χ0v) is 24.6. The first kappa shape index (κ1) is 31.5. The van der Waals surface area contributed by atoms with Gasteiger partial charge in [0.2, 0.25) is 5.60 Å². The van der Waals surface area contributed by atoms with Gasteiger partial charge in [-0.1, -0.05) is 39.0 Å². The van der Waals surface area contributed by atoms with Crippen molar-refractivity contribution in [2.45, 2.75) is 64.3 Å². The van der Waals surface area contributed by atoms with Gasteiger partial charge in [0.1, 0.15) is 43.0 Å². The number of benzene rings is 1. The standard InChI is InChI=1S/C27H33FN5O8P/c1-17-20-11-12-21(33(20)31-16-30-17)26(13-29)22(34)23(35)27(28,41-26)15-39-42(37,40-19-9-7-6-8-10-19)32-18(2)24(36)38-14-25(3,4)5/h6-12,16,18,22-23,34-35H,14-15H2,1-5H3,(H,32,37)/t18-,22+,23-,26-,27+,42?/m0/s1. The number of carbonyl (C=O) groups excluding carboxylic acids is 1. The van der Waals surface area contributed by atoms with Gasteiger partial charge >= 0.3 is 13.7 Å². The summed E-state index contributed by atoms with van der Waals surface area (Å²) in [5.74, 6) is -3.96. The molecular formula is C27H33FN5O8P. The van der Waals surface area contributed by atoms with Gasteiger partial charge in [0, 0.05) is 0 Å². The fourth-order valence-electron chi connectivity index (χ4n) is 4.24. The molecule has 4 rings (SSSR count). The highest BCUT2D eigenvalue weighted by molar-refractivity contribution is 7.52. The molecule has 0 bridgehead atoms. The van der Waals surface area contributed by atoms with E-state index in [9.17, 15) is 24.8 Å². The number of nitriles is 1. The number of esters is 1. The van der Waals surface area contributed by atoms with Crippen LogP contribution in [0.4, 0.5) is 4.39 Å². The molecule has 1 fully saturated rings. The molecule has 13 nitrogen and oxygen atoms in total. The highest BCUT2D eigenvalue weighted by atomic mass is 31.2. The monoisotopic (exact) mass is 605 g/mol. The van der Waals surface area contributed by atoms with Crippen molar-refractivity contribution < 1.29 is 42.5 Å². The maximum absolute atomic E-state index is 16.3. The lowest BCUT2D eigenvalue weighted by molar-refractivity contribution is -0.208. The van der Waals surface area contributed by atoms with Gasteiger partial charge in [0.15, 0.2) is 0 Å². The van der Waals surface area contributed by atoms with E-state index in [1.165, 1.54) is 36.0 Å². The van der Waals surface area contributed by atoms with Gasteiger partial charge in [-0.25, -0.2) is 18.5 Å². The van der Waals surface area contributed by atoms with E-state index in [0.717, 1.165) is 0 Å². The number of aryl methyl sites for hydroxylation is 1. The van der Waals surface area contributed by atoms with Crippen molar-refractivity contribution in [1.29, 1.82) is 5.26 Å². The molecule has 6 atom stereocenters. The zero-order valence-electron chi connectivity index (χ0n) is 23.7. The van der Waals surface area contributed by atoms with Crippen molar-refractivity contribution in [2.24, 2.45) is 5.41 Å². The number of rotatable bonds is 10. The van der Waals surface area contributed by atoms with Gasteiger partial charge in [0.05, 0.1) is 23.5 Å². The van der Waals surface area contributed by atoms with E-state index in [1.54, 1.807) is 37.3 Å². The molecule has 15 heteroatoms. The van der Waals surface area contributed by atoms with Crippen molar-refractivity contribution in [1.82, 2.24) is 19.7 Å². The Morgan fingerprint density at radius 1 is 1.26 bits per heavy atom. The van der Waals surface area contributed by atoms with E-state index in [1.807, 2.05) is 20.8 Å². The SMILES string of the molecule is Cc1ncnn2c([C@]3(C#N)O[C@](F)(COP(=O)(N[C@@H](C)C(=O)OCC(C)(C)C)Oc4ccccc4)[C@@H](O)[C@H]3O)ccc12. The fourth-order valence-corrected chi connectivity index (χ4v) is 5.74. The molecule has 3 N–H and O–H groups in total. The van der Waals surface area contributed by atoms with Crippen LogP contribution in [-0.4, -0.2) is 68.1 Å². The van der Waals surface area contributed by atoms with Crippen LogP contribution in [0.5, 0.6) is 5.75 Å². The number of alkyl halides is 1. The van der Waals surface area contributed by atoms with Gasteiger partial charge in [-0.05, 0) is 43.5 Å². The van der Waals surface area contributed by atoms with Gasteiger partial charge in [-0.15, -0.1) is 0 Å². The van der Waals surface area contributed by atoms with Gasteiger partial charge in [0.25, 0.3) is 5.85 Å². The predicted molar refractivity (Wildman–Crippen MR) is 146 cm³/mol. The number of aliphatic hydroxyl groups excluding tert-OH is 2. The van der Waals surface area contributed by atoms with Gasteiger partial charge < -0.3 is 24.2 Å². The lowest BCUT2D eigenvalue weighted by Gasteiger charge is -2.28. The van der Waals surface area contributed by atoms with Crippen LogP contribution in [0.15, 0.2) is 48.8 Å². The molecule has 1 saturated heterocycles. The normalized spacial score (nSPS) is 26.4. The Labute approximate surface area is 241 Å². The van der Waals surface area contributed by atoms with Crippen molar-refractivity contribution in [3.63, 3.8) is 0 Å². The van der Waals surface area contributed by atoms with E-state index in [4.69, 9.17) is 18.5 Å². The van der Waals surface area contributed by atoms with E-state index in [-0.39, 0.29) is 23.5 Å². The van der Waals surface area contributed by atoms with Crippen LogP contribution in [0.3, 0.4) is 0 Å². The summed E-state index contributed by atoms with van der Waals surface area (Å²) in [6, 6.07) is 11.2. The van der Waals surface area contributed by atoms with E-state index in [2.05, 4.69) is 15.2 Å². The van der Waals surface area contributed by atoms with Crippen molar-refractivity contribution in [3.8, 4) is 11.8 Å². The minimum absolute atomic E-state index is 0.0607. The smallest absolute Gasteiger partial charge is 0.459 e. The largest absolute Gasteiger partial charge is 0.464 e. The molecule has 0 spiro atoms. The Morgan fingerprint density at radius 2 is 1.95 bits per heavy atom. The number of hydrogen-bond donors (Lipinski definition) is 3. The molecule has 2 aromatic heterocycles. The Balaban J connectivity index is 1.60. The highest BCUT2D eigenvalue weighted by Crippen LogP contribution is 2.50. The second kappa shape index (κ2) is 11.7. The second-order valence-corrected chi connectivity index (χ2v) is 12.9. The maximum Gasteiger partial charge on any atom is 0.459 e. The number of halogens is 1. The highest BCUT2D eigenvalue weighted by Gasteiger charge is 2.66. The summed E-state index contributed by atoms with van der Waals surface area (Å²) in [6.07, 6.45) is -3.24. The molecule has 1 unspecified atom stereocenters. The number of carbonyl (C=O) groups is 1. The Hall–Kier alpha value is -3.44. The molecule has 1 aromatic carbocycles. The number of aromatic nitrogens is 3. The van der Waals surface area contributed by atoms with Gasteiger partial charge in [-0.2, -0.15) is 15.4 Å². The minimum Gasteiger partial charge on any atom is -0.464 e. The number of fused-ring (bicyclic) bond motifs is 1. The van der Waals surface area contributed by atoms with Crippen LogP contribution < -0.4 is 9.61 Å². The average Bonchev–Trinajstić information content (AvgIpc) is 3.46. The summed E-state index contributed by atoms with van der Waals surface area (Å²) in [5.41, 5.74) is -1.86. The minimum atomic E-state index is -4.59. The van der Waals surface area contributed by atoms with E-state index >= 15 is 4.39 Å². The number of ether oxygens (including phenoxy) is 2. The number of hydrogen-bond acceptors (Lipinski definition) is 11. The predicted octanol–water partition coefficient (Wildman–Crippen LogP) is 2.95. The molecule has 3 heterocycles. The van der Waals surface area contributed by atoms with Crippen molar-refractivity contribution >= 4 is 19.2 Å². The number of nitrogens with zero attached hydrogens (tertiary/aromatic N) is 4. The molecular weight excluding hydrogens is 572 g/mol. The molecule has 1 aliphatic heterocycles. The quantitative estimate of drug-likeness (QED) is 0.228. The first-order chi connectivity index (χ1) is 19.6. The summed E-state index contributed by atoms with van der Waals surface area (Å²) in [7, 11) is -4.59. The second-order valence-electron chi connectivity index (χ2n) is 11.2. The molecule has 1 aliphatic rings. The van der Waals surface area contributed by atoms with Crippen molar-refractivity contribution in [2.75, 3.05) is 13.2 Å². The Kier molecular flexibility index (Phi) is 8.76. The lowest BCUT2D eigenvalue weighted by atomic mass is 9.92. The first-order valence-corrected chi connectivity index (χ1v) is 14.6. The Morgan fingerprint density at radius 3 is 2.60 bits per heavy atom. The molecule has 42 heavy (non-hydrogen) atoms.